The third kappa shape index (κ3) is 9.32. The number of carbonyl (C=O) groups is 2. The van der Waals surface area contributed by atoms with Crippen LogP contribution in [0.4, 0.5) is 5.69 Å². The first-order valence-electron chi connectivity index (χ1n) is 15.1. The number of esters is 1. The lowest BCUT2D eigenvalue weighted by molar-refractivity contribution is -0.146. The van der Waals surface area contributed by atoms with Crippen molar-refractivity contribution in [1.29, 1.82) is 0 Å². The van der Waals surface area contributed by atoms with E-state index in [0.717, 1.165) is 36.9 Å². The minimum atomic E-state index is -0.319. The summed E-state index contributed by atoms with van der Waals surface area (Å²) in [5, 5.41) is 11.2. The molecule has 8 nitrogen and oxygen atoms in total. The number of hydrogen-bond acceptors (Lipinski definition) is 5. The highest BCUT2D eigenvalue weighted by Crippen LogP contribution is 2.32. The van der Waals surface area contributed by atoms with E-state index < -0.39 is 0 Å². The lowest BCUT2D eigenvalue weighted by atomic mass is 9.84. The van der Waals surface area contributed by atoms with Gasteiger partial charge in [-0.05, 0) is 48.4 Å². The fourth-order valence-corrected chi connectivity index (χ4v) is 5.64. The molecule has 1 aromatic carbocycles. The molecule has 3 rings (SSSR count). The summed E-state index contributed by atoms with van der Waals surface area (Å²) in [5.41, 5.74) is 2.74. The number of fused-ring (bicyclic) bond motifs is 1. The maximum Gasteiger partial charge on any atom is 0.306 e. The van der Waals surface area contributed by atoms with Crippen LogP contribution in [0, 0.1) is 17.8 Å². The monoisotopic (exact) mass is 585 g/mol. The Morgan fingerprint density at radius 1 is 1.02 bits per heavy atom. The summed E-state index contributed by atoms with van der Waals surface area (Å²) in [4.78, 5) is 29.5. The minimum absolute atomic E-state index is 0.0625. The standard InChI is InChI=1S/C32H48ClN5O3/c1-8-10-21(3)12-13-24(22(4)11-9-2)20-41-27(40)19-18-26(39)34-25-16-14-23(15-17-25)30-35-31-28(33)29(32(5,6)7)36-38(31)37-30/h14-17,21-22,24,36H,8-13,18-20H2,1-7H3,(H,34,39). The summed E-state index contributed by atoms with van der Waals surface area (Å²) in [6.45, 7) is 15.6. The zero-order valence-corrected chi connectivity index (χ0v) is 26.6. The van der Waals surface area contributed by atoms with Crippen LogP contribution >= 0.6 is 11.6 Å². The van der Waals surface area contributed by atoms with Gasteiger partial charge in [-0.25, -0.2) is 4.98 Å². The average molecular weight is 586 g/mol. The van der Waals surface area contributed by atoms with Crippen LogP contribution < -0.4 is 5.32 Å². The van der Waals surface area contributed by atoms with Gasteiger partial charge in [-0.3, -0.25) is 14.7 Å². The van der Waals surface area contributed by atoms with Gasteiger partial charge in [0.2, 0.25) is 5.91 Å². The summed E-state index contributed by atoms with van der Waals surface area (Å²) < 4.78 is 7.22. The van der Waals surface area contributed by atoms with Crippen molar-refractivity contribution in [2.24, 2.45) is 17.8 Å². The normalized spacial score (nSPS) is 14.1. The van der Waals surface area contributed by atoms with E-state index in [4.69, 9.17) is 16.3 Å². The number of aromatic amines is 1. The molecule has 3 unspecified atom stereocenters. The molecule has 0 aliphatic rings. The van der Waals surface area contributed by atoms with Crippen molar-refractivity contribution in [2.75, 3.05) is 11.9 Å². The van der Waals surface area contributed by atoms with Gasteiger partial charge in [0.05, 0.1) is 18.7 Å². The first-order chi connectivity index (χ1) is 19.4. The number of nitrogens with zero attached hydrogens (tertiary/aromatic N) is 3. The van der Waals surface area contributed by atoms with Gasteiger partial charge in [0, 0.05) is 23.1 Å². The molecule has 3 atom stereocenters. The highest BCUT2D eigenvalue weighted by molar-refractivity contribution is 6.34. The Morgan fingerprint density at radius 2 is 1.71 bits per heavy atom. The second-order valence-corrected chi connectivity index (χ2v) is 12.9. The molecule has 0 aliphatic carbocycles. The van der Waals surface area contributed by atoms with E-state index in [1.807, 2.05) is 12.1 Å². The van der Waals surface area contributed by atoms with Gasteiger partial charge >= 0.3 is 5.97 Å². The molecular formula is C32H48ClN5O3. The number of ether oxygens (including phenoxy) is 1. The second-order valence-electron chi connectivity index (χ2n) is 12.5. The summed E-state index contributed by atoms with van der Waals surface area (Å²) >= 11 is 6.54. The van der Waals surface area contributed by atoms with Crippen molar-refractivity contribution in [3.8, 4) is 11.4 Å². The van der Waals surface area contributed by atoms with Crippen molar-refractivity contribution in [1.82, 2.24) is 19.8 Å². The molecule has 0 aliphatic heterocycles. The topological polar surface area (TPSA) is 101 Å². The van der Waals surface area contributed by atoms with E-state index in [1.54, 1.807) is 16.8 Å². The number of benzene rings is 1. The summed E-state index contributed by atoms with van der Waals surface area (Å²) in [6.07, 6.45) is 7.05. The average Bonchev–Trinajstić information content (AvgIpc) is 3.47. The maximum absolute atomic E-state index is 12.5. The van der Waals surface area contributed by atoms with Gasteiger partial charge in [-0.1, -0.05) is 92.2 Å². The molecule has 0 spiro atoms. The highest BCUT2D eigenvalue weighted by atomic mass is 35.5. The smallest absolute Gasteiger partial charge is 0.306 e. The Kier molecular flexibility index (Phi) is 11.8. The van der Waals surface area contributed by atoms with E-state index in [2.05, 4.69) is 69.0 Å². The van der Waals surface area contributed by atoms with Crippen LogP contribution in [0.5, 0.6) is 0 Å². The molecular weight excluding hydrogens is 538 g/mol. The number of carbonyl (C=O) groups excluding carboxylic acids is 2. The third-order valence-electron chi connectivity index (χ3n) is 7.79. The zero-order chi connectivity index (χ0) is 30.2. The predicted octanol–water partition coefficient (Wildman–Crippen LogP) is 8.21. The Labute approximate surface area is 250 Å². The molecule has 2 aromatic heterocycles. The molecule has 41 heavy (non-hydrogen) atoms. The first kappa shape index (κ1) is 32.6. The fourth-order valence-electron chi connectivity index (χ4n) is 5.19. The van der Waals surface area contributed by atoms with Crippen LogP contribution in [0.3, 0.4) is 0 Å². The van der Waals surface area contributed by atoms with Crippen molar-refractivity contribution < 1.29 is 14.3 Å². The van der Waals surface area contributed by atoms with E-state index in [-0.39, 0.29) is 30.1 Å². The van der Waals surface area contributed by atoms with Crippen LogP contribution in [0.15, 0.2) is 24.3 Å². The molecule has 2 N–H and O–H groups in total. The van der Waals surface area contributed by atoms with Crippen molar-refractivity contribution in [3.63, 3.8) is 0 Å². The predicted molar refractivity (Wildman–Crippen MR) is 166 cm³/mol. The van der Waals surface area contributed by atoms with Crippen LogP contribution in [-0.2, 0) is 19.7 Å². The quantitative estimate of drug-likeness (QED) is 0.175. The molecule has 0 bridgehead atoms. The second kappa shape index (κ2) is 14.9. The fraction of sp³-hybridized carbons (Fsp3) is 0.625. The molecule has 226 valence electrons. The molecule has 0 saturated heterocycles. The van der Waals surface area contributed by atoms with Crippen molar-refractivity contribution >= 4 is 34.8 Å². The number of nitrogens with one attached hydrogen (secondary N) is 2. The molecule has 2 heterocycles. The van der Waals surface area contributed by atoms with Gasteiger partial charge in [-0.15, -0.1) is 5.10 Å². The third-order valence-corrected chi connectivity index (χ3v) is 8.15. The molecule has 3 aromatic rings. The van der Waals surface area contributed by atoms with Crippen molar-refractivity contribution in [2.45, 2.75) is 105 Å². The van der Waals surface area contributed by atoms with E-state index in [1.165, 1.54) is 12.8 Å². The summed E-state index contributed by atoms with van der Waals surface area (Å²) in [7, 11) is 0. The van der Waals surface area contributed by atoms with Crippen LogP contribution in [0.1, 0.15) is 106 Å². The van der Waals surface area contributed by atoms with E-state index >= 15 is 0 Å². The lowest BCUT2D eigenvalue weighted by Gasteiger charge is -2.25. The SMILES string of the molecule is CCCC(C)CCC(COC(=O)CCC(=O)Nc1ccc(-c2nc3c(Cl)c(C(C)(C)C)[nH]n3n2)cc1)C(C)CCC. The van der Waals surface area contributed by atoms with E-state index in [9.17, 15) is 9.59 Å². The lowest BCUT2D eigenvalue weighted by Crippen LogP contribution is -2.22. The Balaban J connectivity index is 1.48. The Bertz CT molecular complexity index is 1270. The number of H-pyrrole nitrogens is 1. The number of anilines is 1. The first-order valence-corrected chi connectivity index (χ1v) is 15.5. The molecule has 1 amide bonds. The number of amides is 1. The zero-order valence-electron chi connectivity index (χ0n) is 25.8. The number of aromatic nitrogens is 4. The maximum atomic E-state index is 12.5. The summed E-state index contributed by atoms with van der Waals surface area (Å²) in [6, 6.07) is 7.28. The molecule has 0 fully saturated rings. The van der Waals surface area contributed by atoms with Gasteiger partial charge in [0.1, 0.15) is 5.02 Å². The van der Waals surface area contributed by atoms with Crippen LogP contribution in [-0.4, -0.2) is 38.3 Å². The number of hydrogen-bond donors (Lipinski definition) is 2. The van der Waals surface area contributed by atoms with Crippen LogP contribution in [0.25, 0.3) is 17.0 Å². The van der Waals surface area contributed by atoms with E-state index in [0.29, 0.717) is 46.5 Å². The van der Waals surface area contributed by atoms with Gasteiger partial charge in [0.15, 0.2) is 11.5 Å². The highest BCUT2D eigenvalue weighted by Gasteiger charge is 2.24. The number of rotatable bonds is 15. The van der Waals surface area contributed by atoms with Gasteiger partial charge in [-0.2, -0.15) is 4.63 Å². The van der Waals surface area contributed by atoms with Gasteiger partial charge in [0.25, 0.3) is 0 Å². The minimum Gasteiger partial charge on any atom is -0.465 e. The Hall–Kier alpha value is -2.87. The molecule has 0 radical (unpaired) electrons. The summed E-state index contributed by atoms with van der Waals surface area (Å²) in [5.74, 6) is 1.55. The molecule has 0 saturated carbocycles. The largest absolute Gasteiger partial charge is 0.465 e. The van der Waals surface area contributed by atoms with Crippen LogP contribution in [0.2, 0.25) is 5.02 Å². The number of halogens is 1. The van der Waals surface area contributed by atoms with Crippen molar-refractivity contribution in [3.05, 3.63) is 35.0 Å². The molecule has 9 heteroatoms. The van der Waals surface area contributed by atoms with Gasteiger partial charge < -0.3 is 10.1 Å². The Morgan fingerprint density at radius 3 is 2.32 bits per heavy atom.